The Balaban J connectivity index is 2.88. The van der Waals surface area contributed by atoms with Crippen molar-refractivity contribution < 1.29 is 8.42 Å². The van der Waals surface area contributed by atoms with Crippen molar-refractivity contribution in [3.63, 3.8) is 0 Å². The van der Waals surface area contributed by atoms with Gasteiger partial charge in [-0.2, -0.15) is 5.26 Å². The van der Waals surface area contributed by atoms with Crippen LogP contribution in [0.3, 0.4) is 0 Å². The zero-order valence-corrected chi connectivity index (χ0v) is 11.1. The summed E-state index contributed by atoms with van der Waals surface area (Å²) in [4.78, 5) is 0.191. The van der Waals surface area contributed by atoms with E-state index >= 15 is 0 Å². The van der Waals surface area contributed by atoms with Gasteiger partial charge in [0.25, 0.3) is 0 Å². The van der Waals surface area contributed by atoms with Gasteiger partial charge in [0.1, 0.15) is 0 Å². The lowest BCUT2D eigenvalue weighted by molar-refractivity contribution is 0.542. The Morgan fingerprint density at radius 1 is 1.39 bits per heavy atom. The van der Waals surface area contributed by atoms with E-state index in [0.717, 1.165) is 5.56 Å². The zero-order chi connectivity index (χ0) is 13.6. The lowest BCUT2D eigenvalue weighted by Gasteiger charge is -2.14. The number of hydrogen-bond donors (Lipinski definition) is 2. The second-order valence-electron chi connectivity index (χ2n) is 3.94. The van der Waals surface area contributed by atoms with Gasteiger partial charge in [0.05, 0.1) is 17.4 Å². The van der Waals surface area contributed by atoms with E-state index in [1.807, 2.05) is 13.0 Å². The lowest BCUT2D eigenvalue weighted by Crippen LogP contribution is -2.39. The van der Waals surface area contributed by atoms with Crippen molar-refractivity contribution in [1.82, 2.24) is 4.72 Å². The van der Waals surface area contributed by atoms with Gasteiger partial charge in [0.2, 0.25) is 10.0 Å². The molecule has 0 bridgehead atoms. The van der Waals surface area contributed by atoms with Crippen molar-refractivity contribution in [3.8, 4) is 6.07 Å². The Morgan fingerprint density at radius 2 is 2.00 bits per heavy atom. The smallest absolute Gasteiger partial charge is 0.240 e. The fraction of sp³-hybridized carbons (Fsp3) is 0.417. The highest BCUT2D eigenvalue weighted by Gasteiger charge is 2.17. The van der Waals surface area contributed by atoms with Crippen LogP contribution in [0.1, 0.15) is 18.9 Å². The van der Waals surface area contributed by atoms with Crippen LogP contribution >= 0.6 is 0 Å². The first-order chi connectivity index (χ1) is 8.53. The third-order valence-corrected chi connectivity index (χ3v) is 4.15. The molecule has 0 radical (unpaired) electrons. The van der Waals surface area contributed by atoms with Crippen LogP contribution in [0.2, 0.25) is 0 Å². The summed E-state index contributed by atoms with van der Waals surface area (Å²) in [5.74, 6) is 0. The van der Waals surface area contributed by atoms with Crippen molar-refractivity contribution in [1.29, 1.82) is 5.26 Å². The van der Waals surface area contributed by atoms with E-state index in [1.54, 1.807) is 12.1 Å². The van der Waals surface area contributed by atoms with Crippen LogP contribution in [0, 0.1) is 11.3 Å². The number of sulfonamides is 1. The van der Waals surface area contributed by atoms with Crippen molar-refractivity contribution in [3.05, 3.63) is 29.8 Å². The van der Waals surface area contributed by atoms with Gasteiger partial charge in [-0.05, 0) is 24.1 Å². The molecule has 0 saturated carbocycles. The highest BCUT2D eigenvalue weighted by molar-refractivity contribution is 7.89. The standard InChI is InChI=1S/C12H17N3O2S/c1-2-11(9-14)15-18(16,17)12-5-3-10(4-6-12)7-8-13/h3-6,11,15H,2,7,9,14H2,1H3. The predicted molar refractivity (Wildman–Crippen MR) is 69.2 cm³/mol. The van der Waals surface area contributed by atoms with Crippen LogP contribution in [0.5, 0.6) is 0 Å². The predicted octanol–water partition coefficient (Wildman–Crippen LogP) is 0.768. The van der Waals surface area contributed by atoms with Gasteiger partial charge < -0.3 is 5.73 Å². The second kappa shape index (κ2) is 6.50. The van der Waals surface area contributed by atoms with Gasteiger partial charge in [0, 0.05) is 12.6 Å². The molecule has 1 aromatic rings. The summed E-state index contributed by atoms with van der Waals surface area (Å²) in [7, 11) is -3.53. The number of nitrogens with zero attached hydrogens (tertiary/aromatic N) is 1. The van der Waals surface area contributed by atoms with Crippen LogP contribution in [0.15, 0.2) is 29.2 Å². The summed E-state index contributed by atoms with van der Waals surface area (Å²) in [6.45, 7) is 2.14. The molecule has 6 heteroatoms. The number of nitrogens with two attached hydrogens (primary N) is 1. The summed E-state index contributed by atoms with van der Waals surface area (Å²) in [6.07, 6.45) is 0.913. The molecule has 1 rings (SSSR count). The molecule has 0 spiro atoms. The molecule has 5 nitrogen and oxygen atoms in total. The summed E-state index contributed by atoms with van der Waals surface area (Å²) >= 11 is 0. The van der Waals surface area contributed by atoms with Crippen molar-refractivity contribution in [2.45, 2.75) is 30.7 Å². The average molecular weight is 267 g/mol. The van der Waals surface area contributed by atoms with E-state index in [2.05, 4.69) is 4.72 Å². The number of hydrogen-bond acceptors (Lipinski definition) is 4. The van der Waals surface area contributed by atoms with Crippen LogP contribution in [-0.2, 0) is 16.4 Å². The Hall–Kier alpha value is -1.42. The molecular formula is C12H17N3O2S. The van der Waals surface area contributed by atoms with E-state index in [9.17, 15) is 8.42 Å². The fourth-order valence-electron chi connectivity index (χ4n) is 1.46. The van der Waals surface area contributed by atoms with Gasteiger partial charge in [0.15, 0.2) is 0 Å². The molecule has 1 aromatic carbocycles. The Bertz CT molecular complexity index is 513. The van der Waals surface area contributed by atoms with Gasteiger partial charge in [-0.3, -0.25) is 0 Å². The topological polar surface area (TPSA) is 96.0 Å². The first kappa shape index (κ1) is 14.6. The number of rotatable bonds is 6. The number of nitrogens with one attached hydrogen (secondary N) is 1. The first-order valence-corrected chi connectivity index (χ1v) is 7.20. The maximum Gasteiger partial charge on any atom is 0.240 e. The van der Waals surface area contributed by atoms with E-state index in [-0.39, 0.29) is 23.9 Å². The molecule has 0 fully saturated rings. The average Bonchev–Trinajstić information content (AvgIpc) is 2.37. The molecule has 0 amide bonds. The van der Waals surface area contributed by atoms with Gasteiger partial charge >= 0.3 is 0 Å². The maximum atomic E-state index is 12.0. The fourth-order valence-corrected chi connectivity index (χ4v) is 2.80. The molecule has 98 valence electrons. The third kappa shape index (κ3) is 3.81. The molecule has 0 aliphatic rings. The van der Waals surface area contributed by atoms with Crippen LogP contribution < -0.4 is 10.5 Å². The summed E-state index contributed by atoms with van der Waals surface area (Å²) in [5.41, 5.74) is 6.26. The summed E-state index contributed by atoms with van der Waals surface area (Å²) in [5, 5.41) is 8.54. The van der Waals surface area contributed by atoms with Crippen LogP contribution in [0.4, 0.5) is 0 Å². The third-order valence-electron chi connectivity index (χ3n) is 2.62. The van der Waals surface area contributed by atoms with Crippen LogP contribution in [0.25, 0.3) is 0 Å². The minimum absolute atomic E-state index is 0.191. The molecule has 0 heterocycles. The summed E-state index contributed by atoms with van der Waals surface area (Å²) < 4.78 is 26.5. The van der Waals surface area contributed by atoms with E-state index in [1.165, 1.54) is 12.1 Å². The summed E-state index contributed by atoms with van der Waals surface area (Å²) in [6, 6.07) is 8.03. The molecule has 3 N–H and O–H groups in total. The number of nitriles is 1. The van der Waals surface area contributed by atoms with Crippen molar-refractivity contribution >= 4 is 10.0 Å². The molecule has 0 aromatic heterocycles. The molecule has 0 aliphatic carbocycles. The molecular weight excluding hydrogens is 250 g/mol. The Labute approximate surface area is 108 Å². The minimum Gasteiger partial charge on any atom is -0.329 e. The van der Waals surface area contributed by atoms with Crippen molar-refractivity contribution in [2.24, 2.45) is 5.73 Å². The highest BCUT2D eigenvalue weighted by atomic mass is 32.2. The minimum atomic E-state index is -3.53. The monoisotopic (exact) mass is 267 g/mol. The largest absolute Gasteiger partial charge is 0.329 e. The zero-order valence-electron chi connectivity index (χ0n) is 10.3. The SMILES string of the molecule is CCC(CN)NS(=O)(=O)c1ccc(CC#N)cc1. The lowest BCUT2D eigenvalue weighted by atomic mass is 10.2. The first-order valence-electron chi connectivity index (χ1n) is 5.71. The Kier molecular flexibility index (Phi) is 5.28. The molecule has 18 heavy (non-hydrogen) atoms. The Morgan fingerprint density at radius 3 is 2.44 bits per heavy atom. The van der Waals surface area contributed by atoms with Gasteiger partial charge in [-0.25, -0.2) is 13.1 Å². The molecule has 1 atom stereocenters. The normalized spacial score (nSPS) is 12.9. The van der Waals surface area contributed by atoms with E-state index < -0.39 is 10.0 Å². The van der Waals surface area contributed by atoms with E-state index in [0.29, 0.717) is 6.42 Å². The molecule has 1 unspecified atom stereocenters. The highest BCUT2D eigenvalue weighted by Crippen LogP contribution is 2.11. The second-order valence-corrected chi connectivity index (χ2v) is 5.65. The molecule has 0 aliphatic heterocycles. The molecule has 0 saturated heterocycles. The van der Waals surface area contributed by atoms with Gasteiger partial charge in [-0.1, -0.05) is 19.1 Å². The van der Waals surface area contributed by atoms with Crippen LogP contribution in [-0.4, -0.2) is 21.0 Å². The van der Waals surface area contributed by atoms with Crippen molar-refractivity contribution in [2.75, 3.05) is 6.54 Å². The maximum absolute atomic E-state index is 12.0. The van der Waals surface area contributed by atoms with E-state index in [4.69, 9.17) is 11.0 Å². The number of benzene rings is 1. The van der Waals surface area contributed by atoms with Gasteiger partial charge in [-0.15, -0.1) is 0 Å². The quantitative estimate of drug-likeness (QED) is 0.795.